The van der Waals surface area contributed by atoms with Gasteiger partial charge in [-0.15, -0.1) is 0 Å². The van der Waals surface area contributed by atoms with Gasteiger partial charge in [-0.05, 0) is 43.9 Å². The largest absolute Gasteiger partial charge is 0.479 e. The molecular formula is C14H21NO4. The van der Waals surface area contributed by atoms with Crippen molar-refractivity contribution in [1.29, 1.82) is 0 Å². The number of aliphatic carboxylic acids is 1. The van der Waals surface area contributed by atoms with Crippen LogP contribution < -0.4 is 0 Å². The van der Waals surface area contributed by atoms with E-state index in [1.165, 1.54) is 25.7 Å². The average molecular weight is 267 g/mol. The molecule has 2 heterocycles. The molecule has 0 spiro atoms. The van der Waals surface area contributed by atoms with Gasteiger partial charge in [0.2, 0.25) is 0 Å². The van der Waals surface area contributed by atoms with Crippen molar-refractivity contribution in [3.8, 4) is 0 Å². The zero-order valence-electron chi connectivity index (χ0n) is 11.1. The van der Waals surface area contributed by atoms with E-state index >= 15 is 0 Å². The van der Waals surface area contributed by atoms with Crippen LogP contribution in [0.4, 0.5) is 0 Å². The van der Waals surface area contributed by atoms with Crippen molar-refractivity contribution < 1.29 is 19.4 Å². The number of amides is 1. The van der Waals surface area contributed by atoms with Crippen LogP contribution in [0.5, 0.6) is 0 Å². The molecule has 5 nitrogen and oxygen atoms in total. The zero-order chi connectivity index (χ0) is 13.4. The summed E-state index contributed by atoms with van der Waals surface area (Å²) in [5, 5.41) is 8.90. The van der Waals surface area contributed by atoms with Gasteiger partial charge in [-0.1, -0.05) is 6.42 Å². The number of piperidine rings is 1. The summed E-state index contributed by atoms with van der Waals surface area (Å²) >= 11 is 0. The molecule has 4 atom stereocenters. The third-order valence-corrected chi connectivity index (χ3v) is 4.73. The molecule has 2 bridgehead atoms. The van der Waals surface area contributed by atoms with Crippen LogP contribution in [0.15, 0.2) is 0 Å². The minimum absolute atomic E-state index is 0.0142. The Balaban J connectivity index is 1.60. The van der Waals surface area contributed by atoms with Gasteiger partial charge in [0.1, 0.15) is 6.10 Å². The summed E-state index contributed by atoms with van der Waals surface area (Å²) in [5.41, 5.74) is 0. The van der Waals surface area contributed by atoms with Crippen LogP contribution in [0.3, 0.4) is 0 Å². The highest BCUT2D eigenvalue weighted by molar-refractivity contribution is 5.82. The molecule has 2 saturated heterocycles. The standard InChI is InChI=1S/C14H21NO4/c16-13(11-4-5-12(19-11)14(17)18)15-7-9-2-1-3-10(6-9)8-15/h9-12H,1-8H2,(H,17,18). The van der Waals surface area contributed by atoms with E-state index < -0.39 is 18.2 Å². The summed E-state index contributed by atoms with van der Waals surface area (Å²) in [5.74, 6) is 0.354. The fourth-order valence-electron chi connectivity index (χ4n) is 3.82. The molecule has 1 amide bonds. The number of hydrogen-bond acceptors (Lipinski definition) is 3. The Morgan fingerprint density at radius 3 is 2.21 bits per heavy atom. The third kappa shape index (κ3) is 2.61. The molecule has 1 aliphatic carbocycles. The Morgan fingerprint density at radius 1 is 1.00 bits per heavy atom. The summed E-state index contributed by atoms with van der Waals surface area (Å²) in [4.78, 5) is 25.2. The first-order valence-corrected chi connectivity index (χ1v) is 7.30. The minimum atomic E-state index is -0.953. The lowest BCUT2D eigenvalue weighted by Crippen LogP contribution is -2.49. The topological polar surface area (TPSA) is 66.8 Å². The first kappa shape index (κ1) is 12.9. The number of carboxylic acids is 1. The van der Waals surface area contributed by atoms with E-state index in [1.807, 2.05) is 4.90 Å². The first-order valence-electron chi connectivity index (χ1n) is 7.30. The van der Waals surface area contributed by atoms with Crippen LogP contribution >= 0.6 is 0 Å². The highest BCUT2D eigenvalue weighted by Gasteiger charge is 2.40. The van der Waals surface area contributed by atoms with Crippen molar-refractivity contribution in [1.82, 2.24) is 4.90 Å². The maximum Gasteiger partial charge on any atom is 0.332 e. The van der Waals surface area contributed by atoms with E-state index in [9.17, 15) is 9.59 Å². The number of hydrogen-bond donors (Lipinski definition) is 1. The average Bonchev–Trinajstić information content (AvgIpc) is 2.87. The predicted molar refractivity (Wildman–Crippen MR) is 67.6 cm³/mol. The van der Waals surface area contributed by atoms with Crippen molar-refractivity contribution in [3.63, 3.8) is 0 Å². The van der Waals surface area contributed by atoms with Gasteiger partial charge in [0.15, 0.2) is 6.10 Å². The van der Waals surface area contributed by atoms with Crippen LogP contribution in [0.25, 0.3) is 0 Å². The summed E-state index contributed by atoms with van der Waals surface area (Å²) < 4.78 is 5.37. The highest BCUT2D eigenvalue weighted by atomic mass is 16.5. The number of fused-ring (bicyclic) bond motifs is 2. The number of rotatable bonds is 2. The molecule has 106 valence electrons. The smallest absolute Gasteiger partial charge is 0.332 e. The summed E-state index contributed by atoms with van der Waals surface area (Å²) in [6, 6.07) is 0. The summed E-state index contributed by atoms with van der Waals surface area (Å²) in [6.45, 7) is 1.68. The van der Waals surface area contributed by atoms with Crippen LogP contribution in [-0.4, -0.2) is 47.2 Å². The van der Waals surface area contributed by atoms with Crippen LogP contribution in [0.2, 0.25) is 0 Å². The molecule has 1 saturated carbocycles. The summed E-state index contributed by atoms with van der Waals surface area (Å²) in [6.07, 6.45) is 4.67. The Labute approximate surface area is 112 Å². The first-order chi connectivity index (χ1) is 9.13. The Bertz CT molecular complexity index is 372. The molecule has 0 aromatic heterocycles. The Morgan fingerprint density at radius 2 is 1.63 bits per heavy atom. The van der Waals surface area contributed by atoms with Crippen molar-refractivity contribution in [3.05, 3.63) is 0 Å². The Kier molecular flexibility index (Phi) is 3.48. The van der Waals surface area contributed by atoms with E-state index in [0.717, 1.165) is 13.1 Å². The lowest BCUT2D eigenvalue weighted by Gasteiger charge is -2.42. The van der Waals surface area contributed by atoms with Gasteiger partial charge < -0.3 is 14.7 Å². The fraction of sp³-hybridized carbons (Fsp3) is 0.857. The molecule has 2 aliphatic heterocycles. The van der Waals surface area contributed by atoms with Gasteiger partial charge >= 0.3 is 5.97 Å². The van der Waals surface area contributed by atoms with E-state index in [1.54, 1.807) is 0 Å². The van der Waals surface area contributed by atoms with Crippen molar-refractivity contribution in [2.45, 2.75) is 50.7 Å². The maximum atomic E-state index is 12.4. The highest BCUT2D eigenvalue weighted by Crippen LogP contribution is 2.35. The minimum Gasteiger partial charge on any atom is -0.479 e. The van der Waals surface area contributed by atoms with Gasteiger partial charge in [-0.25, -0.2) is 4.79 Å². The van der Waals surface area contributed by atoms with Crippen molar-refractivity contribution >= 4 is 11.9 Å². The van der Waals surface area contributed by atoms with Gasteiger partial charge in [0.25, 0.3) is 5.91 Å². The van der Waals surface area contributed by atoms with E-state index in [-0.39, 0.29) is 5.91 Å². The molecule has 19 heavy (non-hydrogen) atoms. The Hall–Kier alpha value is -1.10. The molecule has 0 aromatic carbocycles. The van der Waals surface area contributed by atoms with E-state index in [4.69, 9.17) is 9.84 Å². The number of nitrogens with zero attached hydrogens (tertiary/aromatic N) is 1. The van der Waals surface area contributed by atoms with Crippen molar-refractivity contribution in [2.75, 3.05) is 13.1 Å². The molecule has 1 N–H and O–H groups in total. The normalized spacial score (nSPS) is 38.2. The third-order valence-electron chi connectivity index (χ3n) is 4.73. The molecule has 4 unspecified atom stereocenters. The number of carboxylic acid groups (broad SMARTS) is 1. The van der Waals surface area contributed by atoms with Gasteiger partial charge in [-0.3, -0.25) is 4.79 Å². The number of ether oxygens (including phenoxy) is 1. The molecular weight excluding hydrogens is 246 g/mol. The second kappa shape index (κ2) is 5.12. The van der Waals surface area contributed by atoms with Crippen LogP contribution in [0, 0.1) is 11.8 Å². The maximum absolute atomic E-state index is 12.4. The quantitative estimate of drug-likeness (QED) is 0.818. The van der Waals surface area contributed by atoms with Crippen molar-refractivity contribution in [2.24, 2.45) is 11.8 Å². The summed E-state index contributed by atoms with van der Waals surface area (Å²) in [7, 11) is 0. The number of carbonyl (C=O) groups excluding carboxylic acids is 1. The number of carbonyl (C=O) groups is 2. The van der Waals surface area contributed by atoms with Crippen LogP contribution in [-0.2, 0) is 14.3 Å². The fourth-order valence-corrected chi connectivity index (χ4v) is 3.82. The van der Waals surface area contributed by atoms with Gasteiger partial charge in [0.05, 0.1) is 0 Å². The second-order valence-electron chi connectivity index (χ2n) is 6.17. The second-order valence-corrected chi connectivity index (χ2v) is 6.17. The molecule has 5 heteroatoms. The SMILES string of the molecule is O=C(O)C1CCC(C(=O)N2CC3CCCC(C3)C2)O1. The predicted octanol–water partition coefficient (Wildman–Crippen LogP) is 1.27. The molecule has 3 aliphatic rings. The molecule has 3 fully saturated rings. The number of likely N-dealkylation sites (tertiary alicyclic amines) is 1. The zero-order valence-corrected chi connectivity index (χ0v) is 11.1. The van der Waals surface area contributed by atoms with E-state index in [0.29, 0.717) is 24.7 Å². The lowest BCUT2D eigenvalue weighted by atomic mass is 9.78. The van der Waals surface area contributed by atoms with Gasteiger partial charge in [-0.2, -0.15) is 0 Å². The molecule has 0 radical (unpaired) electrons. The monoisotopic (exact) mass is 267 g/mol. The van der Waals surface area contributed by atoms with Crippen LogP contribution in [0.1, 0.15) is 38.5 Å². The van der Waals surface area contributed by atoms with Gasteiger partial charge in [0, 0.05) is 13.1 Å². The molecule has 0 aromatic rings. The molecule has 3 rings (SSSR count). The van der Waals surface area contributed by atoms with E-state index in [2.05, 4.69) is 0 Å². The lowest BCUT2D eigenvalue weighted by molar-refractivity contribution is -0.156.